The van der Waals surface area contributed by atoms with Crippen molar-refractivity contribution in [1.29, 1.82) is 0 Å². The number of hydrogen-bond acceptors (Lipinski definition) is 5. The monoisotopic (exact) mass is 288 g/mol. The number of methoxy groups -OCH3 is 1. The van der Waals surface area contributed by atoms with Crippen LogP contribution in [0, 0.1) is 0 Å². The zero-order chi connectivity index (χ0) is 15.4. The number of likely N-dealkylation sites (tertiary alicyclic amines) is 1. The second kappa shape index (κ2) is 6.41. The Morgan fingerprint density at radius 1 is 1.35 bits per heavy atom. The lowest BCUT2D eigenvalue weighted by Crippen LogP contribution is -2.72. The average molecular weight is 288 g/mol. The summed E-state index contributed by atoms with van der Waals surface area (Å²) in [5.74, 6) is -0.259. The van der Waals surface area contributed by atoms with E-state index in [9.17, 15) is 9.59 Å². The maximum Gasteiger partial charge on any atom is 0.410 e. The van der Waals surface area contributed by atoms with Crippen LogP contribution in [-0.4, -0.2) is 66.6 Å². The molecule has 1 fully saturated rings. The van der Waals surface area contributed by atoms with E-state index in [0.717, 1.165) is 0 Å². The first-order chi connectivity index (χ1) is 9.21. The predicted molar refractivity (Wildman–Crippen MR) is 72.3 cm³/mol. The van der Waals surface area contributed by atoms with Gasteiger partial charge in [0, 0.05) is 26.8 Å². The highest BCUT2D eigenvalue weighted by atomic mass is 16.6. The molecule has 0 aromatic rings. The molecule has 1 aliphatic rings. The number of nitrogens with one attached hydrogen (secondary N) is 1. The molecule has 0 aromatic heterocycles. The minimum Gasteiger partial charge on any atom is -0.444 e. The van der Waals surface area contributed by atoms with Gasteiger partial charge >= 0.3 is 6.09 Å². The van der Waals surface area contributed by atoms with Crippen LogP contribution < -0.4 is 5.32 Å². The minimum absolute atomic E-state index is 0.0420. The van der Waals surface area contributed by atoms with Crippen molar-refractivity contribution in [2.24, 2.45) is 0 Å². The Hall–Kier alpha value is -1.34. The van der Waals surface area contributed by atoms with Crippen LogP contribution in [0.15, 0.2) is 0 Å². The highest BCUT2D eigenvalue weighted by Gasteiger charge is 2.47. The number of nitrogens with zero attached hydrogens (tertiary/aromatic N) is 1. The molecule has 0 aliphatic carbocycles. The molecule has 0 bridgehead atoms. The summed E-state index contributed by atoms with van der Waals surface area (Å²) in [5, 5.41) is 11.9. The summed E-state index contributed by atoms with van der Waals surface area (Å²) >= 11 is 0. The Morgan fingerprint density at radius 2 is 1.95 bits per heavy atom. The molecule has 1 saturated heterocycles. The van der Waals surface area contributed by atoms with Crippen molar-refractivity contribution in [1.82, 2.24) is 10.2 Å². The zero-order valence-electron chi connectivity index (χ0n) is 12.6. The number of aliphatic hydroxyl groups excluding tert-OH is 1. The summed E-state index contributed by atoms with van der Waals surface area (Å²) in [6, 6.07) is 0. The number of carbonyl (C=O) groups excluding carboxylic acids is 2. The van der Waals surface area contributed by atoms with Crippen LogP contribution in [0.1, 0.15) is 27.2 Å². The first kappa shape index (κ1) is 16.7. The van der Waals surface area contributed by atoms with Gasteiger partial charge in [-0.2, -0.15) is 0 Å². The fourth-order valence-electron chi connectivity index (χ4n) is 2.12. The molecule has 0 aromatic carbocycles. The third-order valence-corrected chi connectivity index (χ3v) is 2.91. The van der Waals surface area contributed by atoms with Gasteiger partial charge in [0.1, 0.15) is 12.2 Å². The van der Waals surface area contributed by atoms with Crippen LogP contribution in [0.2, 0.25) is 0 Å². The lowest BCUT2D eigenvalue weighted by atomic mass is 9.86. The molecule has 1 rings (SSSR count). The molecule has 2 amide bonds. The highest BCUT2D eigenvalue weighted by Crippen LogP contribution is 2.26. The van der Waals surface area contributed by atoms with Gasteiger partial charge in [0.2, 0.25) is 5.91 Å². The quantitative estimate of drug-likeness (QED) is 0.750. The molecule has 7 heteroatoms. The van der Waals surface area contributed by atoms with E-state index < -0.39 is 17.2 Å². The van der Waals surface area contributed by atoms with E-state index in [1.54, 1.807) is 20.8 Å². The molecule has 0 radical (unpaired) electrons. The molecule has 1 heterocycles. The summed E-state index contributed by atoms with van der Waals surface area (Å²) in [5.41, 5.74) is -1.13. The molecule has 2 N–H and O–H groups in total. The van der Waals surface area contributed by atoms with Gasteiger partial charge in [0.05, 0.1) is 5.54 Å². The number of ether oxygens (including phenoxy) is 2. The third kappa shape index (κ3) is 4.64. The van der Waals surface area contributed by atoms with Crippen LogP contribution in [0.25, 0.3) is 0 Å². The van der Waals surface area contributed by atoms with Crippen molar-refractivity contribution in [2.45, 2.75) is 38.3 Å². The Bertz CT molecular complexity index is 358. The van der Waals surface area contributed by atoms with E-state index in [2.05, 4.69) is 5.32 Å². The Labute approximate surface area is 119 Å². The Kier molecular flexibility index (Phi) is 5.35. The van der Waals surface area contributed by atoms with Gasteiger partial charge in [-0.25, -0.2) is 4.79 Å². The number of rotatable bonds is 5. The van der Waals surface area contributed by atoms with Crippen LogP contribution in [0.5, 0.6) is 0 Å². The van der Waals surface area contributed by atoms with Gasteiger partial charge in [-0.1, -0.05) is 0 Å². The maximum absolute atomic E-state index is 11.8. The number of amides is 2. The lowest BCUT2D eigenvalue weighted by molar-refractivity contribution is -0.129. The van der Waals surface area contributed by atoms with Gasteiger partial charge in [-0.3, -0.25) is 4.79 Å². The summed E-state index contributed by atoms with van der Waals surface area (Å²) in [7, 11) is 1.44. The predicted octanol–water partition coefficient (Wildman–Crippen LogP) is 0.121. The number of aliphatic hydroxyl groups is 1. The first-order valence-electron chi connectivity index (χ1n) is 6.60. The Balaban J connectivity index is 2.54. The summed E-state index contributed by atoms with van der Waals surface area (Å²) in [4.78, 5) is 24.9. The largest absolute Gasteiger partial charge is 0.444 e. The molecular formula is C13H24N2O5. The number of carbonyl (C=O) groups is 2. The van der Waals surface area contributed by atoms with Crippen molar-refractivity contribution in [3.8, 4) is 0 Å². The van der Waals surface area contributed by atoms with E-state index in [0.29, 0.717) is 19.5 Å². The van der Waals surface area contributed by atoms with Gasteiger partial charge < -0.3 is 24.8 Å². The standard InChI is InChI=1S/C13H24N2O5/c1-12(2,3)20-11(18)15-8-13(9-15,5-6-16)14-10(17)7-19-4/h16H,5-9H2,1-4H3,(H,14,17). The minimum atomic E-state index is -0.582. The maximum atomic E-state index is 11.8. The van der Waals surface area contributed by atoms with Crippen molar-refractivity contribution in [2.75, 3.05) is 33.4 Å². The molecule has 0 spiro atoms. The Morgan fingerprint density at radius 3 is 2.40 bits per heavy atom. The van der Waals surface area contributed by atoms with E-state index in [1.165, 1.54) is 12.0 Å². The molecule has 0 unspecified atom stereocenters. The molecule has 0 saturated carbocycles. The van der Waals surface area contributed by atoms with Crippen molar-refractivity contribution >= 4 is 12.0 Å². The molecular weight excluding hydrogens is 264 g/mol. The van der Waals surface area contributed by atoms with Gasteiger partial charge in [0.15, 0.2) is 0 Å². The van der Waals surface area contributed by atoms with Crippen molar-refractivity contribution in [3.05, 3.63) is 0 Å². The molecule has 1 aliphatic heterocycles. The summed E-state index contributed by atoms with van der Waals surface area (Å²) in [6.07, 6.45) is -0.0195. The van der Waals surface area contributed by atoms with E-state index >= 15 is 0 Å². The third-order valence-electron chi connectivity index (χ3n) is 2.91. The van der Waals surface area contributed by atoms with Crippen LogP contribution in [-0.2, 0) is 14.3 Å². The normalized spacial score (nSPS) is 17.4. The fraction of sp³-hybridized carbons (Fsp3) is 0.846. The van der Waals surface area contributed by atoms with Crippen molar-refractivity contribution in [3.63, 3.8) is 0 Å². The van der Waals surface area contributed by atoms with Gasteiger partial charge in [-0.05, 0) is 27.2 Å². The zero-order valence-corrected chi connectivity index (χ0v) is 12.6. The molecule has 0 atom stereocenters. The summed E-state index contributed by atoms with van der Waals surface area (Å²) in [6.45, 7) is 5.95. The molecule has 7 nitrogen and oxygen atoms in total. The van der Waals surface area contributed by atoms with Gasteiger partial charge in [-0.15, -0.1) is 0 Å². The van der Waals surface area contributed by atoms with Gasteiger partial charge in [0.25, 0.3) is 0 Å². The van der Waals surface area contributed by atoms with Crippen LogP contribution >= 0.6 is 0 Å². The smallest absolute Gasteiger partial charge is 0.410 e. The molecule has 20 heavy (non-hydrogen) atoms. The second-order valence-corrected chi connectivity index (χ2v) is 6.07. The summed E-state index contributed by atoms with van der Waals surface area (Å²) < 4.78 is 10.0. The lowest BCUT2D eigenvalue weighted by Gasteiger charge is -2.50. The molecule has 116 valence electrons. The van der Waals surface area contributed by atoms with Crippen LogP contribution in [0.4, 0.5) is 4.79 Å². The topological polar surface area (TPSA) is 88.1 Å². The van der Waals surface area contributed by atoms with E-state index in [1.807, 2.05) is 0 Å². The SMILES string of the molecule is COCC(=O)NC1(CCO)CN(C(=O)OC(C)(C)C)C1. The average Bonchev–Trinajstić information content (AvgIpc) is 2.22. The van der Waals surface area contributed by atoms with E-state index in [-0.39, 0.29) is 19.1 Å². The highest BCUT2D eigenvalue weighted by molar-refractivity contribution is 5.79. The second-order valence-electron chi connectivity index (χ2n) is 6.07. The first-order valence-corrected chi connectivity index (χ1v) is 6.60. The van der Waals surface area contributed by atoms with E-state index in [4.69, 9.17) is 14.6 Å². The van der Waals surface area contributed by atoms with Crippen molar-refractivity contribution < 1.29 is 24.2 Å². The number of hydrogen-bond donors (Lipinski definition) is 2. The van der Waals surface area contributed by atoms with Crippen LogP contribution in [0.3, 0.4) is 0 Å². The fourth-order valence-corrected chi connectivity index (χ4v) is 2.12.